The molecule has 17 heavy (non-hydrogen) atoms. The number of hydrogen-bond acceptors (Lipinski definition) is 2. The molecular weight excluding hydrogens is 220 g/mol. The second-order valence-electron chi connectivity index (χ2n) is 5.95. The summed E-state index contributed by atoms with van der Waals surface area (Å²) in [5.74, 6) is -0.363. The van der Waals surface area contributed by atoms with Gasteiger partial charge in [0.15, 0.2) is 0 Å². The summed E-state index contributed by atoms with van der Waals surface area (Å²) in [5.41, 5.74) is -0.273. The lowest BCUT2D eigenvalue weighted by molar-refractivity contribution is -0.138. The Kier molecular flexibility index (Phi) is 4.01. The van der Waals surface area contributed by atoms with Gasteiger partial charge < -0.3 is 15.7 Å². The molecule has 1 aliphatic carbocycles. The Morgan fingerprint density at radius 3 is 2.29 bits per heavy atom. The van der Waals surface area contributed by atoms with E-state index in [0.717, 1.165) is 6.42 Å². The molecule has 0 bridgehead atoms. The Hall–Kier alpha value is -1.26. The third kappa shape index (κ3) is 4.63. The van der Waals surface area contributed by atoms with Gasteiger partial charge in [0, 0.05) is 12.1 Å². The number of carbonyl (C=O) groups excluding carboxylic acids is 1. The molecule has 1 aliphatic rings. The summed E-state index contributed by atoms with van der Waals surface area (Å²) in [6, 6.07) is -0.380. The lowest BCUT2D eigenvalue weighted by Crippen LogP contribution is -2.49. The molecule has 98 valence electrons. The summed E-state index contributed by atoms with van der Waals surface area (Å²) >= 11 is 0. The number of aliphatic carboxylic acids is 1. The Morgan fingerprint density at radius 1 is 1.41 bits per heavy atom. The fraction of sp³-hybridized carbons (Fsp3) is 0.833. The van der Waals surface area contributed by atoms with Gasteiger partial charge in [0.2, 0.25) is 0 Å². The lowest BCUT2D eigenvalue weighted by Gasteiger charge is -2.30. The van der Waals surface area contributed by atoms with Crippen LogP contribution in [0.2, 0.25) is 0 Å². The molecule has 1 rings (SSSR count). The summed E-state index contributed by atoms with van der Waals surface area (Å²) in [5, 5.41) is 14.4. The largest absolute Gasteiger partial charge is 0.481 e. The van der Waals surface area contributed by atoms with Gasteiger partial charge in [-0.3, -0.25) is 4.79 Å². The van der Waals surface area contributed by atoms with E-state index >= 15 is 0 Å². The van der Waals surface area contributed by atoms with Crippen molar-refractivity contribution in [2.45, 2.75) is 52.6 Å². The fourth-order valence-electron chi connectivity index (χ4n) is 1.64. The summed E-state index contributed by atoms with van der Waals surface area (Å²) in [6.07, 6.45) is 0.948. The molecule has 0 aromatic rings. The van der Waals surface area contributed by atoms with Crippen LogP contribution < -0.4 is 10.6 Å². The Balaban J connectivity index is 2.47. The van der Waals surface area contributed by atoms with E-state index < -0.39 is 5.97 Å². The molecule has 0 aromatic carbocycles. The first-order chi connectivity index (χ1) is 7.70. The number of carboxylic acid groups (broad SMARTS) is 1. The van der Waals surface area contributed by atoms with Gasteiger partial charge in [-0.1, -0.05) is 27.7 Å². The predicted octanol–water partition coefficient (Wildman–Crippen LogP) is 1.58. The van der Waals surface area contributed by atoms with E-state index in [9.17, 15) is 9.59 Å². The minimum Gasteiger partial charge on any atom is -0.481 e. The zero-order valence-corrected chi connectivity index (χ0v) is 10.9. The summed E-state index contributed by atoms with van der Waals surface area (Å²) in [6.45, 7) is 7.82. The number of hydrogen-bond donors (Lipinski definition) is 3. The maximum Gasteiger partial charge on any atom is 0.315 e. The normalized spacial score (nSPS) is 24.9. The van der Waals surface area contributed by atoms with Crippen LogP contribution >= 0.6 is 0 Å². The van der Waals surface area contributed by atoms with Crippen molar-refractivity contribution in [1.29, 1.82) is 0 Å². The van der Waals surface area contributed by atoms with Gasteiger partial charge in [0.05, 0.1) is 6.42 Å². The molecular formula is C12H22N2O3. The Labute approximate surface area is 102 Å². The molecule has 0 radical (unpaired) electrons. The number of carboxylic acids is 1. The second kappa shape index (κ2) is 4.94. The fourth-order valence-corrected chi connectivity index (χ4v) is 1.64. The van der Waals surface area contributed by atoms with E-state index in [-0.39, 0.29) is 30.0 Å². The number of nitrogens with one attached hydrogen (secondary N) is 2. The standard InChI is InChI=1S/C12H22N2O3/c1-7-5-8(7)13-11(17)14-9(6-10(15)16)12(2,3)4/h7-9H,5-6H2,1-4H3,(H,15,16)(H2,13,14,17). The average Bonchev–Trinajstić information content (AvgIpc) is 2.77. The summed E-state index contributed by atoms with van der Waals surface area (Å²) in [4.78, 5) is 22.4. The Morgan fingerprint density at radius 2 is 1.94 bits per heavy atom. The van der Waals surface area contributed by atoms with Crippen molar-refractivity contribution in [2.75, 3.05) is 0 Å². The van der Waals surface area contributed by atoms with E-state index in [1.807, 2.05) is 20.8 Å². The van der Waals surface area contributed by atoms with Crippen LogP contribution in [0.25, 0.3) is 0 Å². The molecule has 2 amide bonds. The lowest BCUT2D eigenvalue weighted by atomic mass is 9.85. The van der Waals surface area contributed by atoms with Crippen LogP contribution in [-0.4, -0.2) is 29.2 Å². The van der Waals surface area contributed by atoms with Crippen molar-refractivity contribution in [3.63, 3.8) is 0 Å². The van der Waals surface area contributed by atoms with Crippen LogP contribution in [0.15, 0.2) is 0 Å². The minimum absolute atomic E-state index is 0.0584. The van der Waals surface area contributed by atoms with Crippen molar-refractivity contribution in [3.8, 4) is 0 Å². The van der Waals surface area contributed by atoms with Crippen LogP contribution in [-0.2, 0) is 4.79 Å². The highest BCUT2D eigenvalue weighted by atomic mass is 16.4. The van der Waals surface area contributed by atoms with Crippen LogP contribution in [0, 0.1) is 11.3 Å². The third-order valence-corrected chi connectivity index (χ3v) is 3.16. The first kappa shape index (κ1) is 13.8. The van der Waals surface area contributed by atoms with E-state index in [2.05, 4.69) is 17.6 Å². The molecule has 5 nitrogen and oxygen atoms in total. The topological polar surface area (TPSA) is 78.4 Å². The van der Waals surface area contributed by atoms with Crippen LogP contribution in [0.5, 0.6) is 0 Å². The maximum atomic E-state index is 11.7. The van der Waals surface area contributed by atoms with Crippen LogP contribution in [0.3, 0.4) is 0 Å². The predicted molar refractivity (Wildman–Crippen MR) is 64.7 cm³/mol. The first-order valence-corrected chi connectivity index (χ1v) is 5.99. The zero-order valence-electron chi connectivity index (χ0n) is 10.9. The summed E-state index contributed by atoms with van der Waals surface area (Å²) < 4.78 is 0. The van der Waals surface area contributed by atoms with E-state index in [0.29, 0.717) is 5.92 Å². The van der Waals surface area contributed by atoms with Gasteiger partial charge >= 0.3 is 12.0 Å². The van der Waals surface area contributed by atoms with E-state index in [1.54, 1.807) is 0 Å². The first-order valence-electron chi connectivity index (χ1n) is 5.99. The Bertz CT molecular complexity index is 309. The highest BCUT2D eigenvalue weighted by molar-refractivity contribution is 5.76. The van der Waals surface area contributed by atoms with Crippen molar-refractivity contribution in [3.05, 3.63) is 0 Å². The molecule has 3 N–H and O–H groups in total. The SMILES string of the molecule is CC1CC1NC(=O)NC(CC(=O)O)C(C)(C)C. The molecule has 0 heterocycles. The van der Waals surface area contributed by atoms with Gasteiger partial charge in [-0.2, -0.15) is 0 Å². The molecule has 3 atom stereocenters. The number of amides is 2. The highest BCUT2D eigenvalue weighted by Gasteiger charge is 2.35. The van der Waals surface area contributed by atoms with Crippen molar-refractivity contribution >= 4 is 12.0 Å². The van der Waals surface area contributed by atoms with E-state index in [4.69, 9.17) is 5.11 Å². The molecule has 1 fully saturated rings. The maximum absolute atomic E-state index is 11.7. The smallest absolute Gasteiger partial charge is 0.315 e. The quantitative estimate of drug-likeness (QED) is 0.700. The molecule has 0 spiro atoms. The molecule has 5 heteroatoms. The average molecular weight is 242 g/mol. The zero-order chi connectivity index (χ0) is 13.2. The minimum atomic E-state index is -0.898. The van der Waals surface area contributed by atoms with Gasteiger partial charge in [0.1, 0.15) is 0 Å². The molecule has 0 aliphatic heterocycles. The number of carbonyl (C=O) groups is 2. The van der Waals surface area contributed by atoms with Crippen LogP contribution in [0.4, 0.5) is 4.79 Å². The molecule has 3 unspecified atom stereocenters. The van der Waals surface area contributed by atoms with Crippen molar-refractivity contribution in [1.82, 2.24) is 10.6 Å². The molecule has 0 saturated heterocycles. The number of rotatable bonds is 4. The van der Waals surface area contributed by atoms with Crippen LogP contribution in [0.1, 0.15) is 40.5 Å². The summed E-state index contributed by atoms with van der Waals surface area (Å²) in [7, 11) is 0. The van der Waals surface area contributed by atoms with Gasteiger partial charge in [-0.15, -0.1) is 0 Å². The molecule has 1 saturated carbocycles. The van der Waals surface area contributed by atoms with Crippen molar-refractivity contribution in [2.24, 2.45) is 11.3 Å². The highest BCUT2D eigenvalue weighted by Crippen LogP contribution is 2.29. The molecule has 0 aromatic heterocycles. The van der Waals surface area contributed by atoms with Gasteiger partial charge in [0.25, 0.3) is 0 Å². The van der Waals surface area contributed by atoms with E-state index in [1.165, 1.54) is 0 Å². The monoisotopic (exact) mass is 242 g/mol. The van der Waals surface area contributed by atoms with Gasteiger partial charge in [-0.05, 0) is 17.8 Å². The third-order valence-electron chi connectivity index (χ3n) is 3.16. The van der Waals surface area contributed by atoms with Gasteiger partial charge in [-0.25, -0.2) is 4.79 Å². The van der Waals surface area contributed by atoms with Crippen molar-refractivity contribution < 1.29 is 14.7 Å². The second-order valence-corrected chi connectivity index (χ2v) is 5.95. The number of urea groups is 1.